The van der Waals surface area contributed by atoms with Gasteiger partial charge in [0.1, 0.15) is 0 Å². The molecule has 0 fully saturated rings. The molecule has 1 N–H and O–H groups in total. The zero-order chi connectivity index (χ0) is 12.6. The largest absolute Gasteiger partial charge is 0.327 e. The molecular weight excluding hydrogens is 268 g/mol. The van der Waals surface area contributed by atoms with Gasteiger partial charge >= 0.3 is 0 Å². The van der Waals surface area contributed by atoms with E-state index in [9.17, 15) is 4.79 Å². The van der Waals surface area contributed by atoms with Crippen LogP contribution < -0.4 is 5.56 Å². The Morgan fingerprint density at radius 2 is 2.06 bits per heavy atom. The number of rotatable bonds is 3. The standard InChI is InChI=1S/C10H14N4OS2.CH4/c1-4-5-17-9-11-6-7(12-9)13(2)10(16)14(3)8(6)15;/h4-5H2,1-3H3,(H,11,12);1H4. The number of fused-ring (bicyclic) bond motifs is 1. The van der Waals surface area contributed by atoms with E-state index in [0.717, 1.165) is 17.3 Å². The Morgan fingerprint density at radius 3 is 2.67 bits per heavy atom. The molecule has 0 amide bonds. The molecule has 0 aromatic carbocycles. The van der Waals surface area contributed by atoms with E-state index in [4.69, 9.17) is 12.2 Å². The van der Waals surface area contributed by atoms with E-state index >= 15 is 0 Å². The van der Waals surface area contributed by atoms with Gasteiger partial charge in [-0.3, -0.25) is 9.36 Å². The van der Waals surface area contributed by atoms with Crippen molar-refractivity contribution in [2.75, 3.05) is 5.75 Å². The highest BCUT2D eigenvalue weighted by atomic mass is 32.2. The van der Waals surface area contributed by atoms with Gasteiger partial charge in [0.25, 0.3) is 5.56 Å². The maximum absolute atomic E-state index is 12.0. The molecule has 2 rings (SSSR count). The summed E-state index contributed by atoms with van der Waals surface area (Å²) in [5.41, 5.74) is 1.01. The van der Waals surface area contributed by atoms with E-state index in [1.807, 2.05) is 7.05 Å². The zero-order valence-corrected chi connectivity index (χ0v) is 11.6. The first-order valence-corrected chi connectivity index (χ1v) is 6.74. The number of nitrogens with one attached hydrogen (secondary N) is 1. The van der Waals surface area contributed by atoms with Crippen LogP contribution in [0, 0.1) is 4.77 Å². The molecule has 0 aliphatic rings. The van der Waals surface area contributed by atoms with Crippen molar-refractivity contribution < 1.29 is 0 Å². The molecule has 0 unspecified atom stereocenters. The second kappa shape index (κ2) is 5.71. The second-order valence-corrected chi connectivity index (χ2v) is 5.24. The lowest BCUT2D eigenvalue weighted by molar-refractivity contribution is 0.741. The van der Waals surface area contributed by atoms with Crippen molar-refractivity contribution in [2.24, 2.45) is 14.1 Å². The molecule has 5 nitrogen and oxygen atoms in total. The van der Waals surface area contributed by atoms with Crippen LogP contribution in [0.4, 0.5) is 0 Å². The fourth-order valence-electron chi connectivity index (χ4n) is 1.57. The lowest BCUT2D eigenvalue weighted by atomic mass is 10.5. The number of nitrogens with zero attached hydrogens (tertiary/aromatic N) is 3. The normalized spacial score (nSPS) is 10.6. The first-order chi connectivity index (χ1) is 8.06. The Kier molecular flexibility index (Phi) is 4.75. The van der Waals surface area contributed by atoms with E-state index < -0.39 is 0 Å². The minimum absolute atomic E-state index is 0. The van der Waals surface area contributed by atoms with Crippen molar-refractivity contribution in [2.45, 2.75) is 25.9 Å². The van der Waals surface area contributed by atoms with Crippen LogP contribution in [0.3, 0.4) is 0 Å². The van der Waals surface area contributed by atoms with Crippen molar-refractivity contribution >= 4 is 35.1 Å². The van der Waals surface area contributed by atoms with Crippen LogP contribution in [-0.4, -0.2) is 24.9 Å². The molecule has 0 atom stereocenters. The summed E-state index contributed by atoms with van der Waals surface area (Å²) < 4.78 is 3.67. The summed E-state index contributed by atoms with van der Waals surface area (Å²) in [7, 11) is 3.49. The molecule has 0 radical (unpaired) electrons. The van der Waals surface area contributed by atoms with Crippen molar-refractivity contribution in [1.29, 1.82) is 0 Å². The van der Waals surface area contributed by atoms with E-state index in [0.29, 0.717) is 15.9 Å². The molecule has 2 aromatic heterocycles. The van der Waals surface area contributed by atoms with Gasteiger partial charge in [-0.05, 0) is 18.6 Å². The Hall–Kier alpha value is -1.08. The molecule has 0 saturated carbocycles. The van der Waals surface area contributed by atoms with Gasteiger partial charge in [-0.25, -0.2) is 4.98 Å². The monoisotopic (exact) mass is 286 g/mol. The Labute approximate surface area is 115 Å². The molecule has 0 aliphatic carbocycles. The van der Waals surface area contributed by atoms with Crippen molar-refractivity contribution in [3.05, 3.63) is 15.1 Å². The van der Waals surface area contributed by atoms with Crippen LogP contribution in [0.1, 0.15) is 20.8 Å². The molecule has 2 aromatic rings. The van der Waals surface area contributed by atoms with Gasteiger partial charge in [0.2, 0.25) is 0 Å². The summed E-state index contributed by atoms with van der Waals surface area (Å²) in [5.74, 6) is 0.977. The summed E-state index contributed by atoms with van der Waals surface area (Å²) >= 11 is 6.78. The van der Waals surface area contributed by atoms with Gasteiger partial charge < -0.3 is 9.55 Å². The fourth-order valence-corrected chi connectivity index (χ4v) is 2.46. The van der Waals surface area contributed by atoms with Crippen LogP contribution in [0.25, 0.3) is 11.2 Å². The van der Waals surface area contributed by atoms with E-state index in [-0.39, 0.29) is 13.0 Å². The molecule has 100 valence electrons. The van der Waals surface area contributed by atoms with E-state index in [1.165, 1.54) is 4.57 Å². The second-order valence-electron chi connectivity index (χ2n) is 3.79. The van der Waals surface area contributed by atoms with Crippen molar-refractivity contribution in [3.8, 4) is 0 Å². The lowest BCUT2D eigenvalue weighted by Crippen LogP contribution is -2.21. The van der Waals surface area contributed by atoms with Gasteiger partial charge in [-0.15, -0.1) is 0 Å². The molecular formula is C11H18N4OS2. The van der Waals surface area contributed by atoms with Crippen molar-refractivity contribution in [3.63, 3.8) is 0 Å². The van der Waals surface area contributed by atoms with E-state index in [1.54, 1.807) is 23.4 Å². The van der Waals surface area contributed by atoms with Crippen LogP contribution in [0.15, 0.2) is 9.95 Å². The molecule has 0 aliphatic heterocycles. The van der Waals surface area contributed by atoms with E-state index in [2.05, 4.69) is 16.9 Å². The van der Waals surface area contributed by atoms with Gasteiger partial charge in [-0.2, -0.15) is 0 Å². The fraction of sp³-hybridized carbons (Fsp3) is 0.545. The number of aromatic amines is 1. The third-order valence-electron chi connectivity index (χ3n) is 2.52. The SMILES string of the molecule is C.CCCSc1nc2c([nH]1)c(=O)n(C)c(=S)n2C. The third kappa shape index (κ3) is 2.37. The maximum atomic E-state index is 12.0. The maximum Gasteiger partial charge on any atom is 0.280 e. The lowest BCUT2D eigenvalue weighted by Gasteiger charge is -2.03. The van der Waals surface area contributed by atoms with Gasteiger partial charge in [0.15, 0.2) is 21.1 Å². The Morgan fingerprint density at radius 1 is 1.39 bits per heavy atom. The minimum Gasteiger partial charge on any atom is -0.327 e. The first-order valence-electron chi connectivity index (χ1n) is 5.34. The Balaban J connectivity index is 0.00000162. The quantitative estimate of drug-likeness (QED) is 0.695. The van der Waals surface area contributed by atoms with Crippen molar-refractivity contribution in [1.82, 2.24) is 19.1 Å². The molecule has 0 saturated heterocycles. The van der Waals surface area contributed by atoms with Crippen LogP contribution in [-0.2, 0) is 14.1 Å². The summed E-state index contributed by atoms with van der Waals surface area (Å²) in [6.07, 6.45) is 1.07. The smallest absolute Gasteiger partial charge is 0.280 e. The summed E-state index contributed by atoms with van der Waals surface area (Å²) in [4.78, 5) is 19.5. The topological polar surface area (TPSA) is 55.6 Å². The number of aryl methyl sites for hydroxylation is 1. The summed E-state index contributed by atoms with van der Waals surface area (Å²) in [5, 5.41) is 0.773. The molecule has 0 spiro atoms. The number of hydrogen-bond acceptors (Lipinski definition) is 4. The number of thioether (sulfide) groups is 1. The number of imidazole rings is 1. The minimum atomic E-state index is -0.126. The molecule has 7 heteroatoms. The molecule has 0 bridgehead atoms. The molecule has 2 heterocycles. The highest BCUT2D eigenvalue weighted by Crippen LogP contribution is 2.17. The average Bonchev–Trinajstić information content (AvgIpc) is 2.75. The number of hydrogen-bond donors (Lipinski definition) is 1. The summed E-state index contributed by atoms with van der Waals surface area (Å²) in [6, 6.07) is 0. The highest BCUT2D eigenvalue weighted by molar-refractivity contribution is 7.99. The Bertz CT molecular complexity index is 668. The van der Waals surface area contributed by atoms with Gasteiger partial charge in [-0.1, -0.05) is 26.1 Å². The van der Waals surface area contributed by atoms with Gasteiger partial charge in [0.05, 0.1) is 0 Å². The number of aromatic nitrogens is 4. The van der Waals surface area contributed by atoms with Crippen LogP contribution in [0.2, 0.25) is 0 Å². The molecule has 18 heavy (non-hydrogen) atoms. The van der Waals surface area contributed by atoms with Crippen LogP contribution >= 0.6 is 24.0 Å². The number of H-pyrrole nitrogens is 1. The third-order valence-corrected chi connectivity index (χ3v) is 4.14. The van der Waals surface area contributed by atoms with Gasteiger partial charge in [0, 0.05) is 19.8 Å². The predicted molar refractivity (Wildman–Crippen MR) is 78.9 cm³/mol. The average molecular weight is 286 g/mol. The predicted octanol–water partition coefficient (Wildman–Crippen LogP) is 2.47. The van der Waals surface area contributed by atoms with Crippen LogP contribution in [0.5, 0.6) is 0 Å². The zero-order valence-electron chi connectivity index (χ0n) is 9.98. The summed E-state index contributed by atoms with van der Waals surface area (Å²) in [6.45, 7) is 2.11. The highest BCUT2D eigenvalue weighted by Gasteiger charge is 2.11. The first kappa shape index (κ1) is 15.0.